The van der Waals surface area contributed by atoms with Crippen molar-refractivity contribution in [2.75, 3.05) is 23.3 Å². The van der Waals surface area contributed by atoms with Crippen molar-refractivity contribution in [2.45, 2.75) is 12.8 Å². The first kappa shape index (κ1) is 18.2. The first-order valence-electron chi connectivity index (χ1n) is 8.69. The molecule has 0 bridgehead atoms. The van der Waals surface area contributed by atoms with Gasteiger partial charge in [0.1, 0.15) is 11.6 Å². The van der Waals surface area contributed by atoms with Crippen molar-refractivity contribution in [3.63, 3.8) is 0 Å². The second-order valence-electron chi connectivity index (χ2n) is 6.26. The zero-order chi connectivity index (χ0) is 19.2. The Labute approximate surface area is 157 Å². The van der Waals surface area contributed by atoms with Gasteiger partial charge < -0.3 is 15.3 Å². The number of nitrogens with zero attached hydrogens (tertiary/aromatic N) is 2. The minimum atomic E-state index is -1.15. The first-order valence-corrected chi connectivity index (χ1v) is 8.69. The highest BCUT2D eigenvalue weighted by Crippen LogP contribution is 2.22. The van der Waals surface area contributed by atoms with Gasteiger partial charge in [-0.05, 0) is 48.7 Å². The molecule has 136 valence electrons. The summed E-state index contributed by atoms with van der Waals surface area (Å²) < 4.78 is 0. The highest BCUT2D eigenvalue weighted by Gasteiger charge is 2.15. The topological polar surface area (TPSA) is 93.4 Å². The summed E-state index contributed by atoms with van der Waals surface area (Å²) in [7, 11) is 0. The summed E-state index contributed by atoms with van der Waals surface area (Å²) in [6.45, 7) is 2.09. The molecule has 0 unspecified atom stereocenters. The number of amides is 1. The molecule has 6 nitrogen and oxygen atoms in total. The average Bonchev–Trinajstić information content (AvgIpc) is 3.21. The van der Waals surface area contributed by atoms with E-state index in [4.69, 9.17) is 0 Å². The summed E-state index contributed by atoms with van der Waals surface area (Å²) in [6, 6.07) is 15.6. The van der Waals surface area contributed by atoms with Gasteiger partial charge in [0.05, 0.1) is 11.3 Å². The third-order valence-corrected chi connectivity index (χ3v) is 4.45. The molecular weight excluding hydrogens is 342 g/mol. The number of hydrogen-bond acceptors (Lipinski definition) is 4. The van der Waals surface area contributed by atoms with Crippen molar-refractivity contribution < 1.29 is 14.7 Å². The number of aromatic carboxylic acids is 1. The molecule has 0 aromatic heterocycles. The second kappa shape index (κ2) is 8.19. The molecule has 1 saturated heterocycles. The highest BCUT2D eigenvalue weighted by molar-refractivity contribution is 6.11. The normalized spacial score (nSPS) is 13.9. The lowest BCUT2D eigenvalue weighted by Crippen LogP contribution is -2.17. The molecule has 3 rings (SSSR count). The Kier molecular flexibility index (Phi) is 5.53. The van der Waals surface area contributed by atoms with Crippen molar-refractivity contribution in [3.05, 3.63) is 65.2 Å². The summed E-state index contributed by atoms with van der Waals surface area (Å²) in [5.41, 5.74) is 1.89. The highest BCUT2D eigenvalue weighted by atomic mass is 16.4. The Morgan fingerprint density at radius 3 is 2.37 bits per heavy atom. The Hall–Kier alpha value is -3.59. The Morgan fingerprint density at radius 1 is 1.07 bits per heavy atom. The van der Waals surface area contributed by atoms with Crippen LogP contribution in [0.1, 0.15) is 28.8 Å². The lowest BCUT2D eigenvalue weighted by Gasteiger charge is -2.17. The first-order chi connectivity index (χ1) is 13.1. The van der Waals surface area contributed by atoms with Crippen LogP contribution in [-0.4, -0.2) is 30.1 Å². The van der Waals surface area contributed by atoms with Gasteiger partial charge in [-0.1, -0.05) is 24.3 Å². The average molecular weight is 361 g/mol. The van der Waals surface area contributed by atoms with Crippen LogP contribution in [0.5, 0.6) is 0 Å². The van der Waals surface area contributed by atoms with E-state index in [1.807, 2.05) is 30.3 Å². The zero-order valence-corrected chi connectivity index (χ0v) is 14.7. The number of carbonyl (C=O) groups is 2. The van der Waals surface area contributed by atoms with Gasteiger partial charge in [-0.15, -0.1) is 0 Å². The minimum Gasteiger partial charge on any atom is -0.478 e. The van der Waals surface area contributed by atoms with Crippen LogP contribution in [0, 0.1) is 11.3 Å². The molecule has 0 spiro atoms. The summed E-state index contributed by atoms with van der Waals surface area (Å²) in [5, 5.41) is 21.0. The standard InChI is InChI=1S/C21H19N3O3/c22-14-16(20(25)23-19-6-2-1-5-18(19)21(26)27)13-15-7-9-17(10-8-15)24-11-3-4-12-24/h1-2,5-10,13H,3-4,11-12H2,(H,23,25)(H,26,27)/b16-13-. The largest absolute Gasteiger partial charge is 0.478 e. The molecule has 1 fully saturated rings. The van der Waals surface area contributed by atoms with Crippen LogP contribution in [-0.2, 0) is 4.79 Å². The van der Waals surface area contributed by atoms with Crippen LogP contribution in [0.3, 0.4) is 0 Å². The molecule has 1 amide bonds. The van der Waals surface area contributed by atoms with E-state index in [-0.39, 0.29) is 16.8 Å². The molecule has 0 atom stereocenters. The number of nitriles is 1. The molecule has 1 aliphatic heterocycles. The summed E-state index contributed by atoms with van der Waals surface area (Å²) in [5.74, 6) is -1.79. The van der Waals surface area contributed by atoms with E-state index < -0.39 is 11.9 Å². The van der Waals surface area contributed by atoms with Gasteiger partial charge in [-0.2, -0.15) is 5.26 Å². The van der Waals surface area contributed by atoms with Crippen LogP contribution in [0.25, 0.3) is 6.08 Å². The molecule has 2 aromatic rings. The van der Waals surface area contributed by atoms with E-state index in [2.05, 4.69) is 10.2 Å². The third kappa shape index (κ3) is 4.33. The quantitative estimate of drug-likeness (QED) is 0.628. The Morgan fingerprint density at radius 2 is 1.74 bits per heavy atom. The predicted molar refractivity (Wildman–Crippen MR) is 104 cm³/mol. The number of carboxylic acid groups (broad SMARTS) is 1. The van der Waals surface area contributed by atoms with E-state index in [0.29, 0.717) is 0 Å². The van der Waals surface area contributed by atoms with Crippen molar-refractivity contribution in [3.8, 4) is 6.07 Å². The number of hydrogen-bond donors (Lipinski definition) is 2. The lowest BCUT2D eigenvalue weighted by atomic mass is 10.1. The number of carbonyl (C=O) groups excluding carboxylic acids is 1. The van der Waals surface area contributed by atoms with E-state index in [1.165, 1.54) is 31.1 Å². The zero-order valence-electron chi connectivity index (χ0n) is 14.7. The van der Waals surface area contributed by atoms with Crippen molar-refractivity contribution in [1.82, 2.24) is 0 Å². The lowest BCUT2D eigenvalue weighted by molar-refractivity contribution is -0.112. The molecule has 2 aromatic carbocycles. The van der Waals surface area contributed by atoms with Crippen molar-refractivity contribution in [1.29, 1.82) is 5.26 Å². The number of rotatable bonds is 5. The van der Waals surface area contributed by atoms with E-state index >= 15 is 0 Å². The monoisotopic (exact) mass is 361 g/mol. The Bertz CT molecular complexity index is 920. The maximum absolute atomic E-state index is 12.4. The minimum absolute atomic E-state index is 0.0295. The van der Waals surface area contributed by atoms with E-state index in [1.54, 1.807) is 12.1 Å². The molecule has 1 heterocycles. The molecule has 0 aliphatic carbocycles. The van der Waals surface area contributed by atoms with Crippen LogP contribution in [0.2, 0.25) is 0 Å². The third-order valence-electron chi connectivity index (χ3n) is 4.45. The van der Waals surface area contributed by atoms with Gasteiger partial charge >= 0.3 is 5.97 Å². The predicted octanol–water partition coefficient (Wildman–Crippen LogP) is 3.53. The molecule has 0 saturated carbocycles. The number of carboxylic acids is 1. The molecule has 27 heavy (non-hydrogen) atoms. The van der Waals surface area contributed by atoms with Gasteiger partial charge in [-0.3, -0.25) is 4.79 Å². The fourth-order valence-electron chi connectivity index (χ4n) is 3.04. The van der Waals surface area contributed by atoms with E-state index in [0.717, 1.165) is 24.3 Å². The van der Waals surface area contributed by atoms with Crippen LogP contribution >= 0.6 is 0 Å². The molecule has 2 N–H and O–H groups in total. The van der Waals surface area contributed by atoms with Gasteiger partial charge in [0.25, 0.3) is 5.91 Å². The molecule has 6 heteroatoms. The fraction of sp³-hybridized carbons (Fsp3) is 0.190. The van der Waals surface area contributed by atoms with Crippen LogP contribution in [0.4, 0.5) is 11.4 Å². The van der Waals surface area contributed by atoms with Gasteiger partial charge in [0, 0.05) is 18.8 Å². The smallest absolute Gasteiger partial charge is 0.337 e. The maximum atomic E-state index is 12.4. The molecule has 1 aliphatic rings. The number of para-hydroxylation sites is 1. The van der Waals surface area contributed by atoms with Gasteiger partial charge in [0.2, 0.25) is 0 Å². The van der Waals surface area contributed by atoms with Gasteiger partial charge in [0.15, 0.2) is 0 Å². The summed E-state index contributed by atoms with van der Waals surface area (Å²) in [4.78, 5) is 25.9. The number of benzene rings is 2. The number of anilines is 2. The molecular formula is C21H19N3O3. The Balaban J connectivity index is 1.77. The maximum Gasteiger partial charge on any atom is 0.337 e. The SMILES string of the molecule is N#C/C(=C/c1ccc(N2CCCC2)cc1)C(=O)Nc1ccccc1C(=O)O. The van der Waals surface area contributed by atoms with Crippen molar-refractivity contribution in [2.24, 2.45) is 0 Å². The van der Waals surface area contributed by atoms with Crippen LogP contribution in [0.15, 0.2) is 54.1 Å². The molecule has 0 radical (unpaired) electrons. The van der Waals surface area contributed by atoms with Crippen LogP contribution < -0.4 is 10.2 Å². The summed E-state index contributed by atoms with van der Waals surface area (Å²) >= 11 is 0. The second-order valence-corrected chi connectivity index (χ2v) is 6.26. The van der Waals surface area contributed by atoms with E-state index in [9.17, 15) is 20.0 Å². The fourth-order valence-corrected chi connectivity index (χ4v) is 3.04. The summed E-state index contributed by atoms with van der Waals surface area (Å²) in [6.07, 6.45) is 3.88. The van der Waals surface area contributed by atoms with Gasteiger partial charge in [-0.25, -0.2) is 4.79 Å². The number of nitrogens with one attached hydrogen (secondary N) is 1. The van der Waals surface area contributed by atoms with Crippen molar-refractivity contribution >= 4 is 29.3 Å².